The van der Waals surface area contributed by atoms with Crippen LogP contribution in [-0.2, 0) is 4.79 Å². The molecule has 116 valence electrons. The van der Waals surface area contributed by atoms with Gasteiger partial charge in [0.15, 0.2) is 6.61 Å². The largest absolute Gasteiger partial charge is 0.483 e. The summed E-state index contributed by atoms with van der Waals surface area (Å²) in [4.78, 5) is 14.2. The van der Waals surface area contributed by atoms with E-state index < -0.39 is 0 Å². The summed E-state index contributed by atoms with van der Waals surface area (Å²) in [6, 6.07) is 4.53. The number of benzene rings is 1. The molecule has 0 heterocycles. The molecule has 1 aliphatic carbocycles. The first-order chi connectivity index (χ1) is 10.1. The summed E-state index contributed by atoms with van der Waals surface area (Å²) in [6.45, 7) is 2.70. The van der Waals surface area contributed by atoms with Crippen molar-refractivity contribution in [1.29, 1.82) is 0 Å². The van der Waals surface area contributed by atoms with Gasteiger partial charge in [0, 0.05) is 12.6 Å². The highest BCUT2D eigenvalue weighted by Gasteiger charge is 2.24. The van der Waals surface area contributed by atoms with Crippen molar-refractivity contribution >= 4 is 21.8 Å². The third-order valence-electron chi connectivity index (χ3n) is 3.92. The van der Waals surface area contributed by atoms with Crippen molar-refractivity contribution in [2.75, 3.05) is 13.2 Å². The molecular weight excluding hydrogens is 337 g/mol. The molecule has 5 heteroatoms. The minimum absolute atomic E-state index is 0.000579. The van der Waals surface area contributed by atoms with Gasteiger partial charge in [-0.1, -0.05) is 19.3 Å². The first-order valence-corrected chi connectivity index (χ1v) is 8.28. The molecule has 1 aromatic carbocycles. The molecular formula is C16H21BrFNO2. The van der Waals surface area contributed by atoms with Gasteiger partial charge >= 0.3 is 0 Å². The van der Waals surface area contributed by atoms with Gasteiger partial charge in [-0.25, -0.2) is 4.39 Å². The summed E-state index contributed by atoms with van der Waals surface area (Å²) in [7, 11) is 0. The first-order valence-electron chi connectivity index (χ1n) is 7.49. The fraction of sp³-hybridized carbons (Fsp3) is 0.562. The van der Waals surface area contributed by atoms with E-state index in [1.807, 2.05) is 11.8 Å². The fourth-order valence-electron chi connectivity index (χ4n) is 2.85. The van der Waals surface area contributed by atoms with Crippen molar-refractivity contribution in [2.24, 2.45) is 0 Å². The molecule has 0 N–H and O–H groups in total. The SMILES string of the molecule is CCN(C(=O)COc1ccc(F)cc1Br)C1CCCCC1. The van der Waals surface area contributed by atoms with Crippen LogP contribution in [0.1, 0.15) is 39.0 Å². The van der Waals surface area contributed by atoms with Gasteiger partial charge in [-0.2, -0.15) is 0 Å². The molecule has 0 aromatic heterocycles. The Hall–Kier alpha value is -1.10. The summed E-state index contributed by atoms with van der Waals surface area (Å²) in [5.74, 6) is 0.156. The van der Waals surface area contributed by atoms with Crippen LogP contribution in [0.4, 0.5) is 4.39 Å². The molecule has 1 aliphatic rings. The first kappa shape index (κ1) is 16.3. The minimum Gasteiger partial charge on any atom is -0.483 e. The van der Waals surface area contributed by atoms with E-state index in [9.17, 15) is 9.18 Å². The Balaban J connectivity index is 1.92. The average Bonchev–Trinajstić information content (AvgIpc) is 2.48. The number of amides is 1. The second-order valence-corrected chi connectivity index (χ2v) is 6.19. The van der Waals surface area contributed by atoms with Gasteiger partial charge in [-0.15, -0.1) is 0 Å². The van der Waals surface area contributed by atoms with Crippen LogP contribution >= 0.6 is 15.9 Å². The van der Waals surface area contributed by atoms with Gasteiger partial charge < -0.3 is 9.64 Å². The zero-order valence-corrected chi connectivity index (χ0v) is 13.9. The van der Waals surface area contributed by atoms with Gasteiger partial charge in [0.25, 0.3) is 5.91 Å². The lowest BCUT2D eigenvalue weighted by molar-refractivity contribution is -0.136. The molecule has 0 saturated heterocycles. The maximum atomic E-state index is 13.0. The van der Waals surface area contributed by atoms with E-state index >= 15 is 0 Å². The number of hydrogen-bond acceptors (Lipinski definition) is 2. The Morgan fingerprint density at radius 3 is 2.71 bits per heavy atom. The highest BCUT2D eigenvalue weighted by Crippen LogP contribution is 2.26. The van der Waals surface area contributed by atoms with Crippen LogP contribution in [0.3, 0.4) is 0 Å². The van der Waals surface area contributed by atoms with Crippen molar-refractivity contribution in [3.8, 4) is 5.75 Å². The molecule has 0 aliphatic heterocycles. The molecule has 1 saturated carbocycles. The normalized spacial score (nSPS) is 15.8. The summed E-state index contributed by atoms with van der Waals surface area (Å²) in [5, 5.41) is 0. The maximum absolute atomic E-state index is 13.0. The van der Waals surface area contributed by atoms with E-state index in [2.05, 4.69) is 15.9 Å². The second kappa shape index (κ2) is 7.78. The monoisotopic (exact) mass is 357 g/mol. The highest BCUT2D eigenvalue weighted by atomic mass is 79.9. The Morgan fingerprint density at radius 1 is 1.38 bits per heavy atom. The van der Waals surface area contributed by atoms with Crippen LogP contribution in [0.5, 0.6) is 5.75 Å². The zero-order chi connectivity index (χ0) is 15.2. The van der Waals surface area contributed by atoms with E-state index in [1.54, 1.807) is 0 Å². The molecule has 1 fully saturated rings. The van der Waals surface area contributed by atoms with E-state index in [4.69, 9.17) is 4.74 Å². The molecule has 0 bridgehead atoms. The van der Waals surface area contributed by atoms with Gasteiger partial charge in [0.05, 0.1) is 4.47 Å². The Morgan fingerprint density at radius 2 is 2.10 bits per heavy atom. The predicted octanol–water partition coefficient (Wildman–Crippen LogP) is 4.15. The van der Waals surface area contributed by atoms with E-state index in [1.165, 1.54) is 37.5 Å². The van der Waals surface area contributed by atoms with Crippen LogP contribution in [0.15, 0.2) is 22.7 Å². The molecule has 1 aromatic rings. The summed E-state index contributed by atoms with van der Waals surface area (Å²) in [5.41, 5.74) is 0. The minimum atomic E-state index is -0.335. The van der Waals surface area contributed by atoms with Gasteiger partial charge in [-0.3, -0.25) is 4.79 Å². The van der Waals surface area contributed by atoms with Crippen molar-refractivity contribution < 1.29 is 13.9 Å². The topological polar surface area (TPSA) is 29.5 Å². The Labute approximate surface area is 133 Å². The molecule has 0 spiro atoms. The number of nitrogens with zero attached hydrogens (tertiary/aromatic N) is 1. The second-order valence-electron chi connectivity index (χ2n) is 5.34. The maximum Gasteiger partial charge on any atom is 0.260 e. The highest BCUT2D eigenvalue weighted by molar-refractivity contribution is 9.10. The van der Waals surface area contributed by atoms with E-state index in [-0.39, 0.29) is 18.3 Å². The molecule has 0 atom stereocenters. The lowest BCUT2D eigenvalue weighted by Gasteiger charge is -2.33. The zero-order valence-electron chi connectivity index (χ0n) is 12.3. The smallest absolute Gasteiger partial charge is 0.260 e. The van der Waals surface area contributed by atoms with E-state index in [0.717, 1.165) is 12.8 Å². The quantitative estimate of drug-likeness (QED) is 0.792. The molecule has 3 nitrogen and oxygen atoms in total. The van der Waals surface area contributed by atoms with Crippen LogP contribution in [0.2, 0.25) is 0 Å². The van der Waals surface area contributed by atoms with Crippen LogP contribution in [0.25, 0.3) is 0 Å². The molecule has 2 rings (SSSR count). The molecule has 21 heavy (non-hydrogen) atoms. The fourth-order valence-corrected chi connectivity index (χ4v) is 3.31. The van der Waals surface area contributed by atoms with Crippen molar-refractivity contribution in [3.63, 3.8) is 0 Å². The number of likely N-dealkylation sites (N-methyl/N-ethyl adjacent to an activating group) is 1. The van der Waals surface area contributed by atoms with Crippen molar-refractivity contribution in [3.05, 3.63) is 28.5 Å². The Kier molecular flexibility index (Phi) is 6.03. The third kappa shape index (κ3) is 4.43. The molecule has 0 unspecified atom stereocenters. The number of rotatable bonds is 5. The lowest BCUT2D eigenvalue weighted by atomic mass is 9.94. The average molecular weight is 358 g/mol. The van der Waals surface area contributed by atoms with Gasteiger partial charge in [-0.05, 0) is 53.9 Å². The number of ether oxygens (including phenoxy) is 1. The number of carbonyl (C=O) groups is 1. The van der Waals surface area contributed by atoms with Gasteiger partial charge in [0.1, 0.15) is 11.6 Å². The number of halogens is 2. The Bertz CT molecular complexity index is 489. The predicted molar refractivity (Wildman–Crippen MR) is 83.9 cm³/mol. The third-order valence-corrected chi connectivity index (χ3v) is 4.54. The number of carbonyl (C=O) groups excluding carboxylic acids is 1. The van der Waals surface area contributed by atoms with Crippen LogP contribution in [-0.4, -0.2) is 30.0 Å². The summed E-state index contributed by atoms with van der Waals surface area (Å²) in [6.07, 6.45) is 5.82. The van der Waals surface area contributed by atoms with Crippen molar-refractivity contribution in [1.82, 2.24) is 4.90 Å². The van der Waals surface area contributed by atoms with Gasteiger partial charge in [0.2, 0.25) is 0 Å². The summed E-state index contributed by atoms with van der Waals surface area (Å²) >= 11 is 3.24. The standard InChI is InChI=1S/C16H21BrFNO2/c1-2-19(13-6-4-3-5-7-13)16(20)11-21-15-9-8-12(18)10-14(15)17/h8-10,13H,2-7,11H2,1H3. The lowest BCUT2D eigenvalue weighted by Crippen LogP contribution is -2.43. The van der Waals surface area contributed by atoms with E-state index in [0.29, 0.717) is 22.8 Å². The van der Waals surface area contributed by atoms with Crippen LogP contribution < -0.4 is 4.74 Å². The van der Waals surface area contributed by atoms with Crippen molar-refractivity contribution in [2.45, 2.75) is 45.1 Å². The van der Waals surface area contributed by atoms with Crippen LogP contribution in [0, 0.1) is 5.82 Å². The summed E-state index contributed by atoms with van der Waals surface area (Å²) < 4.78 is 19.1. The molecule has 1 amide bonds. The number of hydrogen-bond donors (Lipinski definition) is 0. The molecule has 0 radical (unpaired) electrons.